The minimum atomic E-state index is -0.339. The molecule has 0 radical (unpaired) electrons. The Morgan fingerprint density at radius 1 is 1.26 bits per heavy atom. The largest absolute Gasteiger partial charge is 0.858 e. The second kappa shape index (κ2) is 5.51. The molecule has 2 rings (SSSR count). The summed E-state index contributed by atoms with van der Waals surface area (Å²) in [5.74, 6) is -0.339. The van der Waals surface area contributed by atoms with Crippen molar-refractivity contribution in [1.29, 1.82) is 5.39 Å². The highest BCUT2D eigenvalue weighted by molar-refractivity contribution is 6.33. The first kappa shape index (κ1) is 13.1. The van der Waals surface area contributed by atoms with Crippen LogP contribution < -0.4 is 5.11 Å². The summed E-state index contributed by atoms with van der Waals surface area (Å²) < 4.78 is 0. The molecular weight excluding hydrogens is 262 g/mol. The predicted octanol–water partition coefficient (Wildman–Crippen LogP) is 3.57. The molecule has 0 spiro atoms. The molecule has 0 aliphatic rings. The molecule has 4 nitrogen and oxygen atoms in total. The molecule has 0 bridgehead atoms. The van der Waals surface area contributed by atoms with E-state index in [2.05, 4.69) is 9.97 Å². The van der Waals surface area contributed by atoms with Crippen LogP contribution in [-0.4, -0.2) is 5.90 Å². The second-order valence-corrected chi connectivity index (χ2v) is 4.38. The zero-order valence-electron chi connectivity index (χ0n) is 10.2. The lowest BCUT2D eigenvalue weighted by atomic mass is 10.1. The lowest BCUT2D eigenvalue weighted by Gasteiger charge is -2.11. The van der Waals surface area contributed by atoms with Gasteiger partial charge in [-0.15, -0.1) is 0 Å². The van der Waals surface area contributed by atoms with Gasteiger partial charge >= 0.3 is 5.69 Å². The van der Waals surface area contributed by atoms with Crippen LogP contribution in [0.2, 0.25) is 5.02 Å². The number of aliphatic imine (C=N–C) groups is 1. The number of halogens is 1. The Morgan fingerprint density at radius 2 is 1.95 bits per heavy atom. The van der Waals surface area contributed by atoms with Gasteiger partial charge in [-0.05, 0) is 30.0 Å². The van der Waals surface area contributed by atoms with E-state index in [0.29, 0.717) is 16.8 Å². The molecule has 19 heavy (non-hydrogen) atoms. The Labute approximate surface area is 115 Å². The number of nitrogens with zero attached hydrogens (tertiary/aromatic N) is 3. The van der Waals surface area contributed by atoms with Gasteiger partial charge in [0.2, 0.25) is 5.39 Å². The summed E-state index contributed by atoms with van der Waals surface area (Å²) >= 11 is 5.91. The van der Waals surface area contributed by atoms with Gasteiger partial charge in [-0.3, -0.25) is 4.99 Å². The van der Waals surface area contributed by atoms with Crippen molar-refractivity contribution in [3.63, 3.8) is 0 Å². The lowest BCUT2D eigenvalue weighted by molar-refractivity contribution is -0.212. The van der Waals surface area contributed by atoms with Gasteiger partial charge in [0.15, 0.2) is 4.98 Å². The quantitative estimate of drug-likeness (QED) is 0.476. The summed E-state index contributed by atoms with van der Waals surface area (Å²) in [6, 6.07) is 11.8. The van der Waals surface area contributed by atoms with Crippen LogP contribution in [0.5, 0.6) is 0 Å². The first-order valence-electron chi connectivity index (χ1n) is 5.58. The lowest BCUT2D eigenvalue weighted by Crippen LogP contribution is -2.18. The summed E-state index contributed by atoms with van der Waals surface area (Å²) in [6.07, 6.45) is 0. The van der Waals surface area contributed by atoms with E-state index in [1.54, 1.807) is 37.3 Å². The Kier molecular flexibility index (Phi) is 3.79. The average Bonchev–Trinajstić information content (AvgIpc) is 2.43. The molecule has 0 saturated heterocycles. The first-order valence-corrected chi connectivity index (χ1v) is 5.96. The van der Waals surface area contributed by atoms with Crippen LogP contribution in [0.1, 0.15) is 11.1 Å². The van der Waals surface area contributed by atoms with E-state index in [9.17, 15) is 5.11 Å². The molecule has 0 fully saturated rings. The summed E-state index contributed by atoms with van der Waals surface area (Å²) in [7, 11) is 0. The van der Waals surface area contributed by atoms with Gasteiger partial charge in [0.1, 0.15) is 5.02 Å². The Bertz CT molecular complexity index is 675. The summed E-state index contributed by atoms with van der Waals surface area (Å²) in [4.78, 5) is 7.07. The van der Waals surface area contributed by atoms with E-state index in [0.717, 1.165) is 0 Å². The van der Waals surface area contributed by atoms with Crippen molar-refractivity contribution in [3.05, 3.63) is 63.6 Å². The number of hydrogen-bond acceptors (Lipinski definition) is 3. The SMILES string of the molecule is Cc1cc([N+]#N)c(Cl)cc1N=C([O-])c1ccccc1. The molecular formula is C14H10ClN3O. The average molecular weight is 272 g/mol. The van der Waals surface area contributed by atoms with Crippen molar-refractivity contribution >= 4 is 28.9 Å². The summed E-state index contributed by atoms with van der Waals surface area (Å²) in [5, 5.41) is 20.9. The molecule has 0 unspecified atom stereocenters. The first-order chi connectivity index (χ1) is 9.11. The third-order valence-corrected chi connectivity index (χ3v) is 2.92. The molecule has 0 aliphatic carbocycles. The number of rotatable bonds is 2. The summed E-state index contributed by atoms with van der Waals surface area (Å²) in [6.45, 7) is 1.77. The molecule has 0 amide bonds. The fourth-order valence-electron chi connectivity index (χ4n) is 1.61. The van der Waals surface area contributed by atoms with Crippen LogP contribution >= 0.6 is 11.6 Å². The van der Waals surface area contributed by atoms with Gasteiger partial charge in [0.05, 0.1) is 5.69 Å². The fraction of sp³-hybridized carbons (Fsp3) is 0.0714. The van der Waals surface area contributed by atoms with Crippen molar-refractivity contribution in [1.82, 2.24) is 0 Å². The van der Waals surface area contributed by atoms with E-state index < -0.39 is 0 Å². The molecule has 94 valence electrons. The van der Waals surface area contributed by atoms with Crippen molar-refractivity contribution in [2.24, 2.45) is 4.99 Å². The van der Waals surface area contributed by atoms with Gasteiger partial charge in [-0.1, -0.05) is 41.9 Å². The number of hydrogen-bond donors (Lipinski definition) is 0. The van der Waals surface area contributed by atoms with Gasteiger partial charge < -0.3 is 5.11 Å². The standard InChI is InChI=1S/C14H10ClN3O/c1-9-7-13(18-16)11(15)8-12(9)17-14(19)10-5-3-2-4-6-10/h2-8H,1H3. The fourth-order valence-corrected chi connectivity index (χ4v) is 1.80. The Hall–Kier alpha value is -2.38. The number of aryl methyl sites for hydroxylation is 1. The highest BCUT2D eigenvalue weighted by Crippen LogP contribution is 2.32. The molecule has 0 aliphatic heterocycles. The van der Waals surface area contributed by atoms with Crippen LogP contribution in [0.4, 0.5) is 11.4 Å². The van der Waals surface area contributed by atoms with Crippen molar-refractivity contribution in [2.45, 2.75) is 6.92 Å². The molecule has 2 aromatic rings. The van der Waals surface area contributed by atoms with Crippen molar-refractivity contribution in [3.8, 4) is 0 Å². The molecule has 0 heterocycles. The van der Waals surface area contributed by atoms with Crippen LogP contribution in [-0.2, 0) is 0 Å². The topological polar surface area (TPSA) is 63.6 Å². The molecule has 0 N–H and O–H groups in total. The Balaban J connectivity index is 2.44. The van der Waals surface area contributed by atoms with Gasteiger partial charge in [-0.2, -0.15) is 0 Å². The predicted molar refractivity (Wildman–Crippen MR) is 73.6 cm³/mol. The highest BCUT2D eigenvalue weighted by Gasteiger charge is 2.14. The highest BCUT2D eigenvalue weighted by atomic mass is 35.5. The third-order valence-electron chi connectivity index (χ3n) is 2.62. The van der Waals surface area contributed by atoms with Crippen LogP contribution in [0.3, 0.4) is 0 Å². The minimum absolute atomic E-state index is 0.243. The summed E-state index contributed by atoms with van der Waals surface area (Å²) in [5.41, 5.74) is 1.94. The number of diazo groups is 1. The third kappa shape index (κ3) is 2.90. The normalized spacial score (nSPS) is 11.1. The maximum absolute atomic E-state index is 11.9. The smallest absolute Gasteiger partial charge is 0.403 e. The van der Waals surface area contributed by atoms with Crippen LogP contribution in [0.25, 0.3) is 4.98 Å². The molecule has 2 aromatic carbocycles. The Morgan fingerprint density at radius 3 is 2.58 bits per heavy atom. The van der Waals surface area contributed by atoms with E-state index in [1.165, 1.54) is 6.07 Å². The number of benzene rings is 2. The van der Waals surface area contributed by atoms with Crippen molar-refractivity contribution < 1.29 is 5.11 Å². The molecule has 0 saturated carbocycles. The van der Waals surface area contributed by atoms with E-state index in [4.69, 9.17) is 17.0 Å². The van der Waals surface area contributed by atoms with Crippen LogP contribution in [0.15, 0.2) is 47.5 Å². The van der Waals surface area contributed by atoms with Crippen LogP contribution in [0, 0.1) is 12.3 Å². The zero-order valence-corrected chi connectivity index (χ0v) is 10.9. The molecule has 0 atom stereocenters. The van der Waals surface area contributed by atoms with E-state index in [-0.39, 0.29) is 16.6 Å². The second-order valence-electron chi connectivity index (χ2n) is 3.97. The maximum Gasteiger partial charge on any atom is 0.403 e. The van der Waals surface area contributed by atoms with Gasteiger partial charge in [-0.25, -0.2) is 0 Å². The minimum Gasteiger partial charge on any atom is -0.858 e. The van der Waals surface area contributed by atoms with Gasteiger partial charge in [0, 0.05) is 6.07 Å². The zero-order chi connectivity index (χ0) is 13.8. The van der Waals surface area contributed by atoms with E-state index in [1.807, 2.05) is 6.07 Å². The van der Waals surface area contributed by atoms with E-state index >= 15 is 0 Å². The molecule has 5 heteroatoms. The monoisotopic (exact) mass is 271 g/mol. The molecule has 0 aromatic heterocycles. The maximum atomic E-state index is 11.9. The van der Waals surface area contributed by atoms with Crippen molar-refractivity contribution in [2.75, 3.05) is 0 Å². The van der Waals surface area contributed by atoms with Gasteiger partial charge in [0.25, 0.3) is 0 Å².